The molecule has 4 aromatic rings. The second kappa shape index (κ2) is 8.30. The minimum atomic E-state index is -0.573. The number of primary amides is 1. The number of nitrogens with zero attached hydrogens (tertiary/aromatic N) is 5. The second-order valence-corrected chi connectivity index (χ2v) is 6.25. The van der Waals surface area contributed by atoms with Crippen LogP contribution in [0.25, 0.3) is 5.65 Å². The minimum Gasteiger partial charge on any atom is -0.479 e. The third-order valence-corrected chi connectivity index (χ3v) is 4.25. The number of rotatable bonds is 4. The van der Waals surface area contributed by atoms with Crippen LogP contribution in [0.2, 0.25) is 0 Å². The average molecular weight is 413 g/mol. The number of hydrogen-bond donors (Lipinski definition) is 2. The van der Waals surface area contributed by atoms with Crippen LogP contribution in [0.4, 0.5) is 5.82 Å². The number of ether oxygens (including phenoxy) is 1. The van der Waals surface area contributed by atoms with Gasteiger partial charge >= 0.3 is 0 Å². The number of anilines is 1. The number of benzene rings is 1. The molecule has 3 aromatic heterocycles. The first-order chi connectivity index (χ1) is 15.0. The van der Waals surface area contributed by atoms with Crippen LogP contribution in [0.15, 0.2) is 54.7 Å². The quantitative estimate of drug-likeness (QED) is 0.481. The average Bonchev–Trinajstić information content (AvgIpc) is 3.21. The van der Waals surface area contributed by atoms with Crippen molar-refractivity contribution in [2.24, 2.45) is 5.73 Å². The van der Waals surface area contributed by atoms with Crippen molar-refractivity contribution in [3.05, 3.63) is 77.2 Å². The molecule has 0 aliphatic carbocycles. The number of carbonyl (C=O) groups excluding carboxylic acids is 2. The highest BCUT2D eigenvalue weighted by atomic mass is 16.5. The highest BCUT2D eigenvalue weighted by Gasteiger charge is 2.11. The number of aromatic nitrogens is 5. The molecule has 0 saturated heterocycles. The molecule has 3 heterocycles. The smallest absolute Gasteiger partial charge is 0.256 e. The van der Waals surface area contributed by atoms with Gasteiger partial charge in [-0.15, -0.1) is 20.4 Å². The highest BCUT2D eigenvalue weighted by molar-refractivity contribution is 6.04. The molecule has 0 atom stereocenters. The number of hydrogen-bond acceptors (Lipinski definition) is 7. The maximum atomic E-state index is 12.5. The lowest BCUT2D eigenvalue weighted by molar-refractivity contribution is 0.0995. The molecule has 0 saturated carbocycles. The zero-order valence-electron chi connectivity index (χ0n) is 16.2. The van der Waals surface area contributed by atoms with E-state index in [0.29, 0.717) is 28.2 Å². The molecule has 2 amide bonds. The Hall–Kier alpha value is -4.78. The molecule has 1 aromatic carbocycles. The van der Waals surface area contributed by atoms with Gasteiger partial charge in [-0.2, -0.15) is 0 Å². The van der Waals surface area contributed by atoms with Gasteiger partial charge in [-0.1, -0.05) is 12.0 Å². The molecule has 0 radical (unpaired) electrons. The Kier molecular flexibility index (Phi) is 5.23. The monoisotopic (exact) mass is 413 g/mol. The van der Waals surface area contributed by atoms with Crippen LogP contribution < -0.4 is 15.8 Å². The predicted octanol–water partition coefficient (Wildman–Crippen LogP) is 1.28. The van der Waals surface area contributed by atoms with E-state index >= 15 is 0 Å². The zero-order valence-corrected chi connectivity index (χ0v) is 16.2. The Balaban J connectivity index is 1.59. The standard InChI is InChI=1S/C21H15N7O3/c1-31-21-15(9-10-18-26-25-17-4-2-3-11-28(17)18)12-16(24-27-21)23-20(30)14-7-5-13(6-8-14)19(22)29/h2-8,11-12H,1H3,(H2,22,29)(H,23,24,30). The van der Waals surface area contributed by atoms with Crippen molar-refractivity contribution in [2.45, 2.75) is 0 Å². The van der Waals surface area contributed by atoms with E-state index in [1.54, 1.807) is 10.6 Å². The topological polar surface area (TPSA) is 137 Å². The van der Waals surface area contributed by atoms with Crippen LogP contribution in [0.1, 0.15) is 32.1 Å². The molecule has 31 heavy (non-hydrogen) atoms. The first-order valence-corrected chi connectivity index (χ1v) is 9.00. The van der Waals surface area contributed by atoms with Gasteiger partial charge in [-0.3, -0.25) is 14.0 Å². The Bertz CT molecular complexity index is 1350. The second-order valence-electron chi connectivity index (χ2n) is 6.25. The van der Waals surface area contributed by atoms with E-state index in [9.17, 15) is 9.59 Å². The summed E-state index contributed by atoms with van der Waals surface area (Å²) in [6, 6.07) is 13.0. The molecular formula is C21H15N7O3. The van der Waals surface area contributed by atoms with Crippen molar-refractivity contribution in [3.8, 4) is 17.7 Å². The van der Waals surface area contributed by atoms with E-state index in [1.807, 2.05) is 18.2 Å². The van der Waals surface area contributed by atoms with Crippen molar-refractivity contribution < 1.29 is 14.3 Å². The summed E-state index contributed by atoms with van der Waals surface area (Å²) in [5, 5.41) is 18.6. The van der Waals surface area contributed by atoms with Gasteiger partial charge < -0.3 is 15.8 Å². The van der Waals surface area contributed by atoms with Gasteiger partial charge in [0.05, 0.1) is 12.7 Å². The van der Waals surface area contributed by atoms with Crippen LogP contribution >= 0.6 is 0 Å². The molecular weight excluding hydrogens is 398 g/mol. The van der Waals surface area contributed by atoms with Gasteiger partial charge in [-0.25, -0.2) is 0 Å². The summed E-state index contributed by atoms with van der Waals surface area (Å²) in [6.45, 7) is 0. The van der Waals surface area contributed by atoms with Crippen LogP contribution in [-0.2, 0) is 0 Å². The first-order valence-electron chi connectivity index (χ1n) is 9.00. The van der Waals surface area contributed by atoms with Crippen LogP contribution in [0.5, 0.6) is 5.88 Å². The minimum absolute atomic E-state index is 0.181. The van der Waals surface area contributed by atoms with Crippen LogP contribution in [0, 0.1) is 11.8 Å². The maximum Gasteiger partial charge on any atom is 0.256 e. The fraction of sp³-hybridized carbons (Fsp3) is 0.0476. The number of nitrogens with two attached hydrogens (primary N) is 1. The molecule has 10 heteroatoms. The Labute approximate surface area is 176 Å². The van der Waals surface area contributed by atoms with E-state index in [1.165, 1.54) is 37.4 Å². The Morgan fingerprint density at radius 3 is 2.52 bits per heavy atom. The van der Waals surface area contributed by atoms with Crippen molar-refractivity contribution in [1.82, 2.24) is 24.8 Å². The molecule has 10 nitrogen and oxygen atoms in total. The summed E-state index contributed by atoms with van der Waals surface area (Å²) in [4.78, 5) is 23.6. The van der Waals surface area contributed by atoms with Crippen LogP contribution in [0.3, 0.4) is 0 Å². The highest BCUT2D eigenvalue weighted by Crippen LogP contribution is 2.17. The van der Waals surface area contributed by atoms with Gasteiger partial charge in [0.1, 0.15) is 0 Å². The number of methoxy groups -OCH3 is 1. The van der Waals surface area contributed by atoms with E-state index in [0.717, 1.165) is 0 Å². The molecule has 0 aliphatic rings. The number of carbonyl (C=O) groups is 2. The number of fused-ring (bicyclic) bond motifs is 1. The summed E-state index contributed by atoms with van der Waals surface area (Å²) in [7, 11) is 1.44. The fourth-order valence-electron chi connectivity index (χ4n) is 2.71. The van der Waals surface area contributed by atoms with Crippen molar-refractivity contribution in [2.75, 3.05) is 12.4 Å². The third kappa shape index (κ3) is 4.15. The summed E-state index contributed by atoms with van der Waals surface area (Å²) in [6.07, 6.45) is 1.80. The summed E-state index contributed by atoms with van der Waals surface area (Å²) in [5.74, 6) is 5.67. The third-order valence-electron chi connectivity index (χ3n) is 4.25. The number of pyridine rings is 1. The fourth-order valence-corrected chi connectivity index (χ4v) is 2.71. The van der Waals surface area contributed by atoms with E-state index in [4.69, 9.17) is 10.5 Å². The van der Waals surface area contributed by atoms with E-state index < -0.39 is 11.8 Å². The SMILES string of the molecule is COc1nnc(NC(=O)c2ccc(C(N)=O)cc2)cc1C#Cc1nnc2ccccn12. The summed E-state index contributed by atoms with van der Waals surface area (Å²) >= 11 is 0. The Morgan fingerprint density at radius 2 is 1.77 bits per heavy atom. The predicted molar refractivity (Wildman–Crippen MR) is 110 cm³/mol. The molecule has 3 N–H and O–H groups in total. The normalized spacial score (nSPS) is 10.2. The van der Waals surface area contributed by atoms with Crippen molar-refractivity contribution in [1.29, 1.82) is 0 Å². The van der Waals surface area contributed by atoms with Gasteiger partial charge in [0.15, 0.2) is 11.5 Å². The largest absolute Gasteiger partial charge is 0.479 e. The molecule has 4 rings (SSSR count). The lowest BCUT2D eigenvalue weighted by Gasteiger charge is -2.06. The van der Waals surface area contributed by atoms with Gasteiger partial charge in [0, 0.05) is 23.4 Å². The molecule has 0 unspecified atom stereocenters. The summed E-state index contributed by atoms with van der Waals surface area (Å²) in [5.41, 5.74) is 6.91. The van der Waals surface area contributed by atoms with Gasteiger partial charge in [0.2, 0.25) is 17.6 Å². The van der Waals surface area contributed by atoms with Gasteiger partial charge in [0.25, 0.3) is 5.91 Å². The molecule has 152 valence electrons. The van der Waals surface area contributed by atoms with Gasteiger partial charge in [-0.05, 0) is 42.3 Å². The molecule has 0 bridgehead atoms. The van der Waals surface area contributed by atoms with Crippen molar-refractivity contribution in [3.63, 3.8) is 0 Å². The Morgan fingerprint density at radius 1 is 1.00 bits per heavy atom. The lowest BCUT2D eigenvalue weighted by atomic mass is 10.1. The zero-order chi connectivity index (χ0) is 21.8. The first kappa shape index (κ1) is 19.5. The van der Waals surface area contributed by atoms with E-state index in [-0.39, 0.29) is 11.7 Å². The van der Waals surface area contributed by atoms with Crippen LogP contribution in [-0.4, -0.2) is 43.7 Å². The van der Waals surface area contributed by atoms with Crippen molar-refractivity contribution >= 4 is 23.3 Å². The number of amides is 2. The molecule has 0 spiro atoms. The summed E-state index contributed by atoms with van der Waals surface area (Å²) < 4.78 is 6.95. The molecule has 0 fully saturated rings. The maximum absolute atomic E-state index is 12.5. The van der Waals surface area contributed by atoms with E-state index in [2.05, 4.69) is 37.6 Å². The molecule has 0 aliphatic heterocycles. The number of nitrogens with one attached hydrogen (secondary N) is 1. The lowest BCUT2D eigenvalue weighted by Crippen LogP contribution is -2.15.